The van der Waals surface area contributed by atoms with Crippen molar-refractivity contribution >= 4 is 39.1 Å². The fraction of sp³-hybridized carbons (Fsp3) is 0.292. The Morgan fingerprint density at radius 3 is 2.24 bits per heavy atom. The van der Waals surface area contributed by atoms with Gasteiger partial charge in [0.15, 0.2) is 0 Å². The van der Waals surface area contributed by atoms with E-state index >= 15 is 0 Å². The Morgan fingerprint density at radius 1 is 1.00 bits per heavy atom. The Morgan fingerprint density at radius 2 is 1.62 bits per heavy atom. The van der Waals surface area contributed by atoms with Gasteiger partial charge in [-0.3, -0.25) is 24.0 Å². The highest BCUT2D eigenvalue weighted by Crippen LogP contribution is 2.35. The van der Waals surface area contributed by atoms with E-state index in [1.165, 1.54) is 36.3 Å². The van der Waals surface area contributed by atoms with Crippen LogP contribution >= 0.6 is 0 Å². The number of rotatable bonds is 8. The quantitative estimate of drug-likeness (QED) is 0.440. The molecular formula is C24H25N3O6S. The number of amides is 3. The molecule has 2 atom stereocenters. The van der Waals surface area contributed by atoms with E-state index in [9.17, 15) is 22.8 Å². The van der Waals surface area contributed by atoms with Crippen LogP contribution in [0.2, 0.25) is 0 Å². The van der Waals surface area contributed by atoms with Gasteiger partial charge >= 0.3 is 0 Å². The smallest absolute Gasteiger partial charge is 0.262 e. The van der Waals surface area contributed by atoms with Crippen LogP contribution in [0.3, 0.4) is 0 Å². The number of para-hydroxylation sites is 2. The molecule has 1 heterocycles. The Balaban J connectivity index is 1.34. The van der Waals surface area contributed by atoms with Crippen molar-refractivity contribution in [3.63, 3.8) is 0 Å². The summed E-state index contributed by atoms with van der Waals surface area (Å²) in [5, 5.41) is 2.67. The second-order valence-corrected chi connectivity index (χ2v) is 9.79. The van der Waals surface area contributed by atoms with E-state index in [1.54, 1.807) is 24.3 Å². The van der Waals surface area contributed by atoms with Crippen molar-refractivity contribution in [2.45, 2.75) is 24.2 Å². The molecule has 0 radical (unpaired) electrons. The maximum atomic E-state index is 12.7. The molecule has 0 spiro atoms. The zero-order valence-electron chi connectivity index (χ0n) is 18.6. The van der Waals surface area contributed by atoms with Crippen molar-refractivity contribution in [2.75, 3.05) is 23.7 Å². The van der Waals surface area contributed by atoms with Gasteiger partial charge < -0.3 is 10.1 Å². The van der Waals surface area contributed by atoms with Crippen LogP contribution in [0, 0.1) is 11.8 Å². The number of sulfonamides is 1. The van der Waals surface area contributed by atoms with Gasteiger partial charge in [0.2, 0.25) is 17.7 Å². The number of ether oxygens (including phenoxy) is 1. The third-order valence-electron chi connectivity index (χ3n) is 5.96. The Hall–Kier alpha value is -3.66. The highest BCUT2D eigenvalue weighted by molar-refractivity contribution is 7.92. The fourth-order valence-electron chi connectivity index (χ4n) is 4.18. The molecule has 0 aromatic heterocycles. The lowest BCUT2D eigenvalue weighted by Gasteiger charge is -2.14. The predicted molar refractivity (Wildman–Crippen MR) is 126 cm³/mol. The molecule has 34 heavy (non-hydrogen) atoms. The Kier molecular flexibility index (Phi) is 6.69. The van der Waals surface area contributed by atoms with Crippen LogP contribution in [0.4, 0.5) is 11.4 Å². The molecule has 0 bridgehead atoms. The number of nitrogens with one attached hydrogen (secondary N) is 2. The van der Waals surface area contributed by atoms with E-state index < -0.39 is 10.0 Å². The molecule has 3 amide bonds. The van der Waals surface area contributed by atoms with Gasteiger partial charge in [-0.1, -0.05) is 24.3 Å². The van der Waals surface area contributed by atoms with Crippen LogP contribution < -0.4 is 14.8 Å². The third kappa shape index (κ3) is 4.81. The zero-order chi connectivity index (χ0) is 24.3. The average molecular weight is 484 g/mol. The lowest BCUT2D eigenvalue weighted by Crippen LogP contribution is -2.34. The predicted octanol–water partition coefficient (Wildman–Crippen LogP) is 2.78. The lowest BCUT2D eigenvalue weighted by atomic mass is 9.85. The summed E-state index contributed by atoms with van der Waals surface area (Å²) in [5.74, 6) is -1.07. The first-order valence-corrected chi connectivity index (χ1v) is 12.3. The summed E-state index contributed by atoms with van der Waals surface area (Å²) in [7, 11) is -2.42. The topological polar surface area (TPSA) is 122 Å². The van der Waals surface area contributed by atoms with Crippen molar-refractivity contribution in [2.24, 2.45) is 11.8 Å². The monoisotopic (exact) mass is 483 g/mol. The summed E-state index contributed by atoms with van der Waals surface area (Å²) in [5.41, 5.74) is 0.710. The number of fused-ring (bicyclic) bond motifs is 1. The third-order valence-corrected chi connectivity index (χ3v) is 7.34. The fourth-order valence-corrected chi connectivity index (χ4v) is 5.25. The Bertz CT molecular complexity index is 1210. The van der Waals surface area contributed by atoms with Crippen LogP contribution in [0.1, 0.15) is 19.3 Å². The summed E-state index contributed by atoms with van der Waals surface area (Å²) in [6.45, 7) is 0.0196. The van der Waals surface area contributed by atoms with E-state index in [0.29, 0.717) is 30.0 Å². The molecule has 4 rings (SSSR count). The maximum absolute atomic E-state index is 12.7. The number of likely N-dealkylation sites (tertiary alicyclic amines) is 1. The van der Waals surface area contributed by atoms with E-state index in [1.807, 2.05) is 12.2 Å². The number of imide groups is 1. The normalized spacial score (nSPS) is 19.6. The number of carbonyl (C=O) groups excluding carboxylic acids is 3. The van der Waals surface area contributed by atoms with Gasteiger partial charge in [-0.2, -0.15) is 0 Å². The molecule has 1 saturated heterocycles. The van der Waals surface area contributed by atoms with Gasteiger partial charge in [0, 0.05) is 18.7 Å². The number of methoxy groups -OCH3 is 1. The molecule has 1 fully saturated rings. The van der Waals surface area contributed by atoms with E-state index in [0.717, 1.165) is 0 Å². The van der Waals surface area contributed by atoms with Gasteiger partial charge in [-0.25, -0.2) is 8.42 Å². The molecule has 1 aliphatic carbocycles. The first-order valence-electron chi connectivity index (χ1n) is 10.9. The first-order chi connectivity index (χ1) is 16.3. The van der Waals surface area contributed by atoms with Gasteiger partial charge in [-0.15, -0.1) is 0 Å². The highest BCUT2D eigenvalue weighted by Gasteiger charge is 2.46. The summed E-state index contributed by atoms with van der Waals surface area (Å²) < 4.78 is 33.0. The van der Waals surface area contributed by atoms with Crippen molar-refractivity contribution in [1.29, 1.82) is 0 Å². The molecule has 2 aromatic carbocycles. The van der Waals surface area contributed by atoms with Crippen LogP contribution in [-0.4, -0.2) is 44.7 Å². The first kappa shape index (κ1) is 23.5. The van der Waals surface area contributed by atoms with Crippen LogP contribution in [0.15, 0.2) is 65.6 Å². The Labute approximate surface area is 197 Å². The van der Waals surface area contributed by atoms with Gasteiger partial charge in [0.05, 0.1) is 29.5 Å². The van der Waals surface area contributed by atoms with Crippen molar-refractivity contribution < 1.29 is 27.5 Å². The molecule has 2 aromatic rings. The molecule has 178 valence electrons. The van der Waals surface area contributed by atoms with E-state index in [4.69, 9.17) is 4.74 Å². The summed E-state index contributed by atoms with van der Waals surface area (Å²) in [6.07, 6.45) is 4.90. The molecule has 10 heteroatoms. The molecule has 2 aliphatic rings. The number of carbonyl (C=O) groups is 3. The minimum Gasteiger partial charge on any atom is -0.495 e. The zero-order valence-corrected chi connectivity index (χ0v) is 19.4. The second kappa shape index (κ2) is 9.68. The number of allylic oxidation sites excluding steroid dienone is 2. The summed E-state index contributed by atoms with van der Waals surface area (Å²) in [4.78, 5) is 38.6. The average Bonchev–Trinajstić information content (AvgIpc) is 3.08. The lowest BCUT2D eigenvalue weighted by molar-refractivity contribution is -0.140. The number of hydrogen-bond donors (Lipinski definition) is 2. The minimum atomic E-state index is -3.86. The van der Waals surface area contributed by atoms with Crippen molar-refractivity contribution in [3.05, 3.63) is 60.7 Å². The van der Waals surface area contributed by atoms with Gasteiger partial charge in [0.25, 0.3) is 10.0 Å². The standard InChI is InChI=1S/C24H25N3O6S/c1-33-21-9-5-4-8-20(21)26-34(31,32)17-12-10-16(11-13-17)25-22(28)14-15-27-23(29)18-6-2-3-7-19(18)24(27)30/h2-5,8-13,18-19,26H,6-7,14-15H2,1H3,(H,25,28)/t18-,19+. The van der Waals surface area contributed by atoms with E-state index in [2.05, 4.69) is 10.0 Å². The molecule has 0 unspecified atom stereocenters. The highest BCUT2D eigenvalue weighted by atomic mass is 32.2. The number of benzene rings is 2. The maximum Gasteiger partial charge on any atom is 0.262 e. The van der Waals surface area contributed by atoms with Crippen molar-refractivity contribution in [1.82, 2.24) is 4.90 Å². The SMILES string of the molecule is COc1ccccc1NS(=O)(=O)c1ccc(NC(=O)CCN2C(=O)[C@H]3CC=CC[C@H]3C2=O)cc1. The largest absolute Gasteiger partial charge is 0.495 e. The van der Waals surface area contributed by atoms with Crippen LogP contribution in [-0.2, 0) is 24.4 Å². The van der Waals surface area contributed by atoms with Gasteiger partial charge in [-0.05, 0) is 49.2 Å². The molecule has 1 aliphatic heterocycles. The minimum absolute atomic E-state index is 0.0147. The summed E-state index contributed by atoms with van der Waals surface area (Å²) in [6, 6.07) is 12.3. The molecule has 2 N–H and O–H groups in total. The van der Waals surface area contributed by atoms with Crippen molar-refractivity contribution in [3.8, 4) is 5.75 Å². The van der Waals surface area contributed by atoms with E-state index in [-0.39, 0.29) is 47.4 Å². The number of anilines is 2. The molecule has 9 nitrogen and oxygen atoms in total. The molecule has 0 saturated carbocycles. The number of nitrogens with zero attached hydrogens (tertiary/aromatic N) is 1. The van der Waals surface area contributed by atoms with Crippen LogP contribution in [0.5, 0.6) is 5.75 Å². The van der Waals surface area contributed by atoms with Gasteiger partial charge in [0.1, 0.15) is 5.75 Å². The molecular weight excluding hydrogens is 458 g/mol. The summed E-state index contributed by atoms with van der Waals surface area (Å²) >= 11 is 0. The van der Waals surface area contributed by atoms with Crippen LogP contribution in [0.25, 0.3) is 0 Å². The number of hydrogen-bond acceptors (Lipinski definition) is 6. The second-order valence-electron chi connectivity index (χ2n) is 8.11.